The van der Waals surface area contributed by atoms with Crippen LogP contribution in [0, 0.1) is 4.77 Å². The zero-order valence-corrected chi connectivity index (χ0v) is 5.05. The Hall–Kier alpha value is -1.17. The fourth-order valence-electron chi connectivity index (χ4n) is 0.392. The highest BCUT2D eigenvalue weighted by molar-refractivity contribution is 7.71. The monoisotopic (exact) mass is 145 g/mol. The van der Waals surface area contributed by atoms with E-state index in [1.54, 1.807) is 0 Å². The smallest absolute Gasteiger partial charge is 0.433 e. The van der Waals surface area contributed by atoms with Gasteiger partial charge >= 0.3 is 6.09 Å². The van der Waals surface area contributed by atoms with E-state index < -0.39 is 6.09 Å². The van der Waals surface area contributed by atoms with E-state index >= 15 is 0 Å². The van der Waals surface area contributed by atoms with Crippen LogP contribution in [0.25, 0.3) is 0 Å². The molecule has 0 aliphatic rings. The Balaban J connectivity index is 3.24. The maximum Gasteiger partial charge on any atom is 0.433 e. The van der Waals surface area contributed by atoms with Crippen LogP contribution in [0.5, 0.6) is 0 Å². The highest BCUT2D eigenvalue weighted by Gasteiger charge is 1.99. The van der Waals surface area contributed by atoms with Gasteiger partial charge in [0.05, 0.1) is 0 Å². The Labute approximate surface area is 54.9 Å². The summed E-state index contributed by atoms with van der Waals surface area (Å²) in [5, 5.41) is 10.6. The molecule has 0 spiro atoms. The van der Waals surface area contributed by atoms with Gasteiger partial charge in [-0.2, -0.15) is 4.68 Å². The van der Waals surface area contributed by atoms with Crippen LogP contribution < -0.4 is 0 Å². The van der Waals surface area contributed by atoms with Crippen LogP contribution in [0.2, 0.25) is 0 Å². The largest absolute Gasteiger partial charge is 0.463 e. The van der Waals surface area contributed by atoms with Crippen LogP contribution in [0.4, 0.5) is 4.79 Å². The molecule has 0 amide bonds. The fourth-order valence-corrected chi connectivity index (χ4v) is 0.575. The molecule has 1 heterocycles. The van der Waals surface area contributed by atoms with Crippen LogP contribution in [-0.2, 0) is 0 Å². The molecule has 1 rings (SSSR count). The minimum atomic E-state index is -1.16. The first-order valence-corrected chi connectivity index (χ1v) is 2.48. The van der Waals surface area contributed by atoms with Crippen molar-refractivity contribution in [2.45, 2.75) is 0 Å². The molecule has 0 radical (unpaired) electrons. The Kier molecular flexibility index (Phi) is 1.31. The molecule has 0 bridgehead atoms. The molecular weight excluding hydrogens is 142 g/mol. The third-order valence-corrected chi connectivity index (χ3v) is 1.03. The summed E-state index contributed by atoms with van der Waals surface area (Å²) in [4.78, 5) is 13.6. The molecule has 48 valence electrons. The second kappa shape index (κ2) is 1.98. The number of aromatic nitrogens is 3. The average Bonchev–Trinajstić information content (AvgIpc) is 2.13. The molecule has 1 aromatic rings. The highest BCUT2D eigenvalue weighted by atomic mass is 32.1. The molecule has 6 heteroatoms. The zero-order valence-electron chi connectivity index (χ0n) is 4.24. The summed E-state index contributed by atoms with van der Waals surface area (Å²) in [7, 11) is 0. The fraction of sp³-hybridized carbons (Fsp3) is 0. The van der Waals surface area contributed by atoms with Gasteiger partial charge < -0.3 is 5.11 Å². The quantitative estimate of drug-likeness (QED) is 0.520. The molecule has 0 fully saturated rings. The van der Waals surface area contributed by atoms with Gasteiger partial charge in [-0.1, -0.05) is 0 Å². The minimum Gasteiger partial charge on any atom is -0.463 e. The molecule has 0 aliphatic heterocycles. The van der Waals surface area contributed by atoms with Crippen molar-refractivity contribution < 1.29 is 9.90 Å². The Bertz CT molecular complexity index is 275. The number of carbonyl (C=O) groups is 1. The van der Waals surface area contributed by atoms with Gasteiger partial charge in [0.1, 0.15) is 6.33 Å². The molecule has 5 nitrogen and oxygen atoms in total. The predicted molar refractivity (Wildman–Crippen MR) is 30.8 cm³/mol. The first-order chi connectivity index (χ1) is 4.22. The van der Waals surface area contributed by atoms with Gasteiger partial charge in [0.15, 0.2) is 0 Å². The van der Waals surface area contributed by atoms with Crippen molar-refractivity contribution in [3.63, 3.8) is 0 Å². The van der Waals surface area contributed by atoms with Crippen molar-refractivity contribution in [1.82, 2.24) is 14.8 Å². The number of hydrogen-bond donors (Lipinski definition) is 2. The molecule has 0 saturated carbocycles. The Morgan fingerprint density at radius 2 is 2.67 bits per heavy atom. The van der Waals surface area contributed by atoms with Crippen molar-refractivity contribution in [3.05, 3.63) is 11.1 Å². The van der Waals surface area contributed by atoms with E-state index in [9.17, 15) is 4.79 Å². The lowest BCUT2D eigenvalue weighted by Crippen LogP contribution is -2.09. The van der Waals surface area contributed by atoms with E-state index in [1.165, 1.54) is 6.33 Å². The van der Waals surface area contributed by atoms with Crippen LogP contribution >= 0.6 is 12.2 Å². The summed E-state index contributed by atoms with van der Waals surface area (Å²) >= 11 is 4.50. The summed E-state index contributed by atoms with van der Waals surface area (Å²) in [6.07, 6.45) is 0.0636. The summed E-state index contributed by atoms with van der Waals surface area (Å²) in [6, 6.07) is 0. The maximum absolute atomic E-state index is 10.1. The molecule has 0 aliphatic carbocycles. The molecule has 1 aromatic heterocycles. The summed E-state index contributed by atoms with van der Waals surface area (Å²) in [6.45, 7) is 0. The summed E-state index contributed by atoms with van der Waals surface area (Å²) in [5.74, 6) is 0. The van der Waals surface area contributed by atoms with Gasteiger partial charge in [0.25, 0.3) is 0 Å². The van der Waals surface area contributed by atoms with Crippen LogP contribution in [0.3, 0.4) is 0 Å². The average molecular weight is 145 g/mol. The number of H-pyrrole nitrogens is 1. The van der Waals surface area contributed by atoms with Gasteiger partial charge in [0.2, 0.25) is 4.77 Å². The van der Waals surface area contributed by atoms with E-state index in [-0.39, 0.29) is 4.77 Å². The first-order valence-electron chi connectivity index (χ1n) is 2.07. The van der Waals surface area contributed by atoms with E-state index in [0.717, 1.165) is 4.68 Å². The van der Waals surface area contributed by atoms with Crippen molar-refractivity contribution in [2.24, 2.45) is 0 Å². The second-order valence-corrected chi connectivity index (χ2v) is 1.65. The highest BCUT2D eigenvalue weighted by Crippen LogP contribution is 1.82. The predicted octanol–water partition coefficient (Wildman–Crippen LogP) is 0.467. The standard InChI is InChI=1S/C3H3N3O2S/c7-3(8)6-2(9)4-1-5-6/h1H,(H,7,8)(H,4,5,9). The van der Waals surface area contributed by atoms with Crippen LogP contribution in [-0.4, -0.2) is 26.0 Å². The number of nitrogens with one attached hydrogen (secondary N) is 1. The second-order valence-electron chi connectivity index (χ2n) is 1.29. The van der Waals surface area contributed by atoms with Gasteiger partial charge in [-0.3, -0.25) is 5.10 Å². The molecule has 0 unspecified atom stereocenters. The molecule has 0 atom stereocenters. The van der Waals surface area contributed by atoms with Crippen molar-refractivity contribution in [3.8, 4) is 0 Å². The van der Waals surface area contributed by atoms with Gasteiger partial charge in [-0.25, -0.2) is 9.78 Å². The number of aromatic amines is 1. The number of hydrogen-bond acceptors (Lipinski definition) is 3. The lowest BCUT2D eigenvalue weighted by molar-refractivity contribution is 0.192. The van der Waals surface area contributed by atoms with E-state index in [0.29, 0.717) is 0 Å². The third kappa shape index (κ3) is 0.968. The third-order valence-electron chi connectivity index (χ3n) is 0.744. The Morgan fingerprint density at radius 3 is 2.89 bits per heavy atom. The maximum atomic E-state index is 10.1. The normalized spacial score (nSPS) is 9.33. The molecule has 0 aromatic carbocycles. The molecule has 0 saturated heterocycles. The van der Waals surface area contributed by atoms with Crippen molar-refractivity contribution in [2.75, 3.05) is 0 Å². The molecule has 9 heavy (non-hydrogen) atoms. The van der Waals surface area contributed by atoms with E-state index in [4.69, 9.17) is 5.11 Å². The zero-order chi connectivity index (χ0) is 6.85. The van der Waals surface area contributed by atoms with Gasteiger partial charge in [-0.05, 0) is 12.2 Å². The molecule has 2 N–H and O–H groups in total. The number of rotatable bonds is 0. The van der Waals surface area contributed by atoms with Gasteiger partial charge in [-0.15, -0.1) is 0 Å². The Morgan fingerprint density at radius 1 is 2.00 bits per heavy atom. The summed E-state index contributed by atoms with van der Waals surface area (Å²) < 4.78 is 0.762. The van der Waals surface area contributed by atoms with Crippen molar-refractivity contribution in [1.29, 1.82) is 0 Å². The number of nitrogens with zero attached hydrogens (tertiary/aromatic N) is 2. The minimum absolute atomic E-state index is 0.0162. The first kappa shape index (κ1) is 5.96. The molecular formula is C3H3N3O2S. The van der Waals surface area contributed by atoms with Crippen molar-refractivity contribution >= 4 is 18.3 Å². The summed E-state index contributed by atoms with van der Waals surface area (Å²) in [5.41, 5.74) is 0. The van der Waals surface area contributed by atoms with Crippen LogP contribution in [0.1, 0.15) is 0 Å². The lowest BCUT2D eigenvalue weighted by atomic mass is 11.1. The van der Waals surface area contributed by atoms with E-state index in [2.05, 4.69) is 22.3 Å². The van der Waals surface area contributed by atoms with Crippen LogP contribution in [0.15, 0.2) is 6.33 Å². The van der Waals surface area contributed by atoms with Gasteiger partial charge in [0, 0.05) is 0 Å². The SMILES string of the molecule is O=C(O)n1[nH]cnc1=S. The van der Waals surface area contributed by atoms with E-state index in [1.807, 2.05) is 0 Å². The lowest BCUT2D eigenvalue weighted by Gasteiger charge is -1.86. The topological polar surface area (TPSA) is 70.9 Å². The number of carboxylic acid groups (broad SMARTS) is 1.